The van der Waals surface area contributed by atoms with Crippen LogP contribution in [0.3, 0.4) is 0 Å². The van der Waals surface area contributed by atoms with Crippen molar-refractivity contribution in [3.05, 3.63) is 29.8 Å². The van der Waals surface area contributed by atoms with E-state index in [0.29, 0.717) is 24.1 Å². The Balaban J connectivity index is 2.09. The largest absolute Gasteiger partial charge is 0.481 e. The van der Waals surface area contributed by atoms with Gasteiger partial charge < -0.3 is 10.4 Å². The third kappa shape index (κ3) is 4.71. The minimum atomic E-state index is -4.38. The van der Waals surface area contributed by atoms with Gasteiger partial charge in [-0.1, -0.05) is 25.0 Å². The van der Waals surface area contributed by atoms with Crippen LogP contribution < -0.4 is 5.32 Å². The third-order valence-electron chi connectivity index (χ3n) is 4.07. The van der Waals surface area contributed by atoms with Crippen molar-refractivity contribution >= 4 is 17.6 Å². The van der Waals surface area contributed by atoms with Crippen LogP contribution in [0.1, 0.15) is 31.2 Å². The number of alkyl halides is 3. The highest BCUT2D eigenvalue weighted by molar-refractivity contribution is 5.93. The second kappa shape index (κ2) is 7.02. The summed E-state index contributed by atoms with van der Waals surface area (Å²) in [5, 5.41) is 11.3. The number of carboxylic acids is 1. The second-order valence-electron chi connectivity index (χ2n) is 5.80. The highest BCUT2D eigenvalue weighted by atomic mass is 19.4. The van der Waals surface area contributed by atoms with Crippen molar-refractivity contribution in [3.63, 3.8) is 0 Å². The highest BCUT2D eigenvalue weighted by Gasteiger charge is 2.48. The summed E-state index contributed by atoms with van der Waals surface area (Å²) in [5.74, 6) is -4.37. The van der Waals surface area contributed by atoms with Crippen LogP contribution in [-0.2, 0) is 16.0 Å². The maximum Gasteiger partial charge on any atom is 0.392 e. The molecule has 7 heteroatoms. The summed E-state index contributed by atoms with van der Waals surface area (Å²) in [4.78, 5) is 22.9. The number of nitrogens with one attached hydrogen (secondary N) is 1. The molecule has 1 aromatic carbocycles. The van der Waals surface area contributed by atoms with Crippen LogP contribution in [0.15, 0.2) is 24.3 Å². The van der Waals surface area contributed by atoms with Crippen LogP contribution >= 0.6 is 0 Å². The molecule has 0 radical (unpaired) electrons. The molecular weight excluding hydrogens is 311 g/mol. The number of amides is 1. The Kier molecular flexibility index (Phi) is 5.28. The third-order valence-corrected chi connectivity index (χ3v) is 4.07. The van der Waals surface area contributed by atoms with Crippen LogP contribution in [0.25, 0.3) is 0 Å². The Labute approximate surface area is 131 Å². The minimum Gasteiger partial charge on any atom is -0.481 e. The van der Waals surface area contributed by atoms with Crippen molar-refractivity contribution in [2.75, 3.05) is 5.32 Å². The van der Waals surface area contributed by atoms with Gasteiger partial charge in [0.1, 0.15) is 0 Å². The van der Waals surface area contributed by atoms with Crippen molar-refractivity contribution in [2.24, 2.45) is 11.8 Å². The highest BCUT2D eigenvalue weighted by Crippen LogP contribution is 2.41. The first kappa shape index (κ1) is 17.3. The fraction of sp³-hybridized carbons (Fsp3) is 0.500. The summed E-state index contributed by atoms with van der Waals surface area (Å²) in [5.41, 5.74) is 0.798. The molecule has 2 N–H and O–H groups in total. The zero-order valence-electron chi connectivity index (χ0n) is 12.4. The molecule has 1 aliphatic rings. The van der Waals surface area contributed by atoms with E-state index in [1.165, 1.54) is 12.1 Å². The van der Waals surface area contributed by atoms with E-state index in [9.17, 15) is 22.8 Å². The zero-order chi connectivity index (χ0) is 17.0. The average Bonchev–Trinajstić information content (AvgIpc) is 2.46. The van der Waals surface area contributed by atoms with Gasteiger partial charge in [0.05, 0.1) is 12.3 Å². The van der Waals surface area contributed by atoms with Gasteiger partial charge in [-0.05, 0) is 30.5 Å². The zero-order valence-corrected chi connectivity index (χ0v) is 12.4. The van der Waals surface area contributed by atoms with Gasteiger partial charge in [-0.15, -0.1) is 0 Å². The lowest BCUT2D eigenvalue weighted by Crippen LogP contribution is -2.39. The van der Waals surface area contributed by atoms with Crippen LogP contribution in [0.5, 0.6) is 0 Å². The molecule has 1 fully saturated rings. The van der Waals surface area contributed by atoms with Gasteiger partial charge in [0, 0.05) is 11.6 Å². The SMILES string of the molecule is O=C(O)Cc1cccc(NC(=O)C2CCCCC2C(F)(F)F)c1. The Bertz CT molecular complexity index is 586. The van der Waals surface area contributed by atoms with Crippen molar-refractivity contribution in [1.82, 2.24) is 0 Å². The van der Waals surface area contributed by atoms with E-state index in [-0.39, 0.29) is 19.3 Å². The number of hydrogen-bond acceptors (Lipinski definition) is 2. The quantitative estimate of drug-likeness (QED) is 0.886. The number of hydrogen-bond donors (Lipinski definition) is 2. The molecule has 23 heavy (non-hydrogen) atoms. The number of aliphatic carboxylic acids is 1. The van der Waals surface area contributed by atoms with E-state index in [2.05, 4.69) is 5.32 Å². The van der Waals surface area contributed by atoms with Gasteiger partial charge in [-0.2, -0.15) is 13.2 Å². The van der Waals surface area contributed by atoms with Gasteiger partial charge in [0.15, 0.2) is 0 Å². The van der Waals surface area contributed by atoms with E-state index in [1.807, 2.05) is 0 Å². The molecule has 0 saturated heterocycles. The van der Waals surface area contributed by atoms with Crippen molar-refractivity contribution in [1.29, 1.82) is 0 Å². The Morgan fingerprint density at radius 3 is 2.57 bits per heavy atom. The molecule has 0 aromatic heterocycles. The number of carbonyl (C=O) groups is 2. The second-order valence-corrected chi connectivity index (χ2v) is 5.80. The minimum absolute atomic E-state index is 0.0271. The van der Waals surface area contributed by atoms with E-state index in [0.717, 1.165) is 0 Å². The number of anilines is 1. The summed E-state index contributed by atoms with van der Waals surface area (Å²) in [6, 6.07) is 6.16. The Morgan fingerprint density at radius 1 is 1.22 bits per heavy atom. The number of carbonyl (C=O) groups excluding carboxylic acids is 1. The lowest BCUT2D eigenvalue weighted by atomic mass is 9.78. The maximum absolute atomic E-state index is 13.1. The summed E-state index contributed by atoms with van der Waals surface area (Å²) in [6.07, 6.45) is -3.33. The molecule has 1 aromatic rings. The molecule has 1 amide bonds. The molecule has 4 nitrogen and oxygen atoms in total. The molecule has 1 saturated carbocycles. The monoisotopic (exact) mass is 329 g/mol. The van der Waals surface area contributed by atoms with E-state index < -0.39 is 29.9 Å². The first-order chi connectivity index (χ1) is 10.8. The number of rotatable bonds is 4. The van der Waals surface area contributed by atoms with Gasteiger partial charge in [0.25, 0.3) is 0 Å². The predicted molar refractivity (Wildman–Crippen MR) is 77.9 cm³/mol. The van der Waals surface area contributed by atoms with E-state index in [4.69, 9.17) is 5.11 Å². The molecular formula is C16H18F3NO3. The molecule has 1 aliphatic carbocycles. The normalized spacial score (nSPS) is 21.7. The van der Waals surface area contributed by atoms with Crippen molar-refractivity contribution in [2.45, 2.75) is 38.3 Å². The molecule has 126 valence electrons. The number of carboxylic acid groups (broad SMARTS) is 1. The fourth-order valence-corrected chi connectivity index (χ4v) is 3.01. The Morgan fingerprint density at radius 2 is 1.91 bits per heavy atom. The summed E-state index contributed by atoms with van der Waals surface area (Å²) >= 11 is 0. The van der Waals surface area contributed by atoms with Gasteiger partial charge >= 0.3 is 12.1 Å². The Hall–Kier alpha value is -2.05. The molecule has 0 spiro atoms. The van der Waals surface area contributed by atoms with Crippen LogP contribution in [0.4, 0.5) is 18.9 Å². The van der Waals surface area contributed by atoms with E-state index >= 15 is 0 Å². The van der Waals surface area contributed by atoms with Crippen LogP contribution in [0, 0.1) is 11.8 Å². The molecule has 2 atom stereocenters. The van der Waals surface area contributed by atoms with Gasteiger partial charge in [-0.3, -0.25) is 9.59 Å². The first-order valence-corrected chi connectivity index (χ1v) is 7.45. The molecule has 0 heterocycles. The average molecular weight is 329 g/mol. The van der Waals surface area contributed by atoms with Crippen LogP contribution in [0.2, 0.25) is 0 Å². The van der Waals surface area contributed by atoms with Crippen LogP contribution in [-0.4, -0.2) is 23.2 Å². The summed E-state index contributed by atoms with van der Waals surface area (Å²) < 4.78 is 39.2. The topological polar surface area (TPSA) is 66.4 Å². The maximum atomic E-state index is 13.1. The van der Waals surface area contributed by atoms with Gasteiger partial charge in [0.2, 0.25) is 5.91 Å². The summed E-state index contributed by atoms with van der Waals surface area (Å²) in [7, 11) is 0. The fourth-order valence-electron chi connectivity index (χ4n) is 3.01. The smallest absolute Gasteiger partial charge is 0.392 e. The lowest BCUT2D eigenvalue weighted by molar-refractivity contribution is -0.197. The molecule has 0 bridgehead atoms. The molecule has 2 rings (SSSR count). The van der Waals surface area contributed by atoms with Crippen molar-refractivity contribution in [3.8, 4) is 0 Å². The molecule has 0 aliphatic heterocycles. The van der Waals surface area contributed by atoms with E-state index in [1.54, 1.807) is 12.1 Å². The van der Waals surface area contributed by atoms with Crippen molar-refractivity contribution < 1.29 is 27.9 Å². The summed E-state index contributed by atoms with van der Waals surface area (Å²) in [6.45, 7) is 0. The first-order valence-electron chi connectivity index (χ1n) is 7.45. The lowest BCUT2D eigenvalue weighted by Gasteiger charge is -2.32. The molecule has 2 unspecified atom stereocenters. The van der Waals surface area contributed by atoms with Gasteiger partial charge in [-0.25, -0.2) is 0 Å². The number of halogens is 3. The predicted octanol–water partition coefficient (Wildman–Crippen LogP) is 3.62. The standard InChI is InChI=1S/C16H18F3NO3/c17-16(18,19)13-7-2-1-6-12(13)15(23)20-11-5-3-4-10(8-11)9-14(21)22/h3-5,8,12-13H,1-2,6-7,9H2,(H,20,23)(H,21,22). The number of benzene rings is 1.